The second kappa shape index (κ2) is 14.6. The predicted octanol–water partition coefficient (Wildman–Crippen LogP) is 10.1. The van der Waals surface area contributed by atoms with Crippen molar-refractivity contribution in [3.05, 3.63) is 169 Å². The van der Waals surface area contributed by atoms with Gasteiger partial charge in [0.05, 0.1) is 5.82 Å². The van der Waals surface area contributed by atoms with Gasteiger partial charge in [-0.15, -0.1) is 42.0 Å². The fraction of sp³-hybridized carbons (Fsp3) is 0.136. The van der Waals surface area contributed by atoms with Gasteiger partial charge in [-0.1, -0.05) is 99.7 Å². The fourth-order valence-electron chi connectivity index (χ4n) is 7.32. The molecule has 51 heavy (non-hydrogen) atoms. The van der Waals surface area contributed by atoms with Crippen LogP contribution in [0.3, 0.4) is 0 Å². The van der Waals surface area contributed by atoms with E-state index in [0.717, 1.165) is 28.6 Å². The van der Waals surface area contributed by atoms with Gasteiger partial charge in [0.25, 0.3) is 0 Å². The van der Waals surface area contributed by atoms with Gasteiger partial charge in [-0.3, -0.25) is 4.98 Å². The summed E-state index contributed by atoms with van der Waals surface area (Å²) in [7, 11) is 0. The monoisotopic (exact) mass is 840 g/mol. The molecule has 0 N–H and O–H groups in total. The van der Waals surface area contributed by atoms with Crippen LogP contribution < -0.4 is 15.1 Å². The van der Waals surface area contributed by atoms with Crippen LogP contribution in [0.25, 0.3) is 28.2 Å². The summed E-state index contributed by atoms with van der Waals surface area (Å²) in [6.07, 6.45) is 5.80. The Hall–Kier alpha value is -5.23. The first-order valence-corrected chi connectivity index (χ1v) is 17.3. The second-order valence-electron chi connectivity index (χ2n) is 13.3. The first kappa shape index (κ1) is 34.2. The third kappa shape index (κ3) is 6.11. The second-order valence-corrected chi connectivity index (χ2v) is 13.3. The number of rotatable bonds is 5. The molecule has 0 atom stereocenters. The van der Waals surface area contributed by atoms with Crippen LogP contribution in [-0.2, 0) is 20.1 Å². The molecule has 7 aromatic rings. The van der Waals surface area contributed by atoms with Crippen molar-refractivity contribution in [2.24, 2.45) is 0 Å². The van der Waals surface area contributed by atoms with Gasteiger partial charge in [-0.25, -0.2) is 4.98 Å². The van der Waals surface area contributed by atoms with Crippen molar-refractivity contribution in [1.82, 2.24) is 14.5 Å². The number of benzene rings is 5. The van der Waals surface area contributed by atoms with E-state index in [2.05, 4.69) is 162 Å². The Kier molecular flexibility index (Phi) is 9.77. The largest absolute Gasteiger partial charge is 0.415 e. The summed E-state index contributed by atoms with van der Waals surface area (Å²) in [4.78, 5) is 14.1. The smallest absolute Gasteiger partial charge is 0.409 e. The Balaban J connectivity index is 0.000000159. The Labute approximate surface area is 315 Å². The molecule has 0 saturated carbocycles. The minimum Gasteiger partial charge on any atom is -0.415 e. The van der Waals surface area contributed by atoms with Gasteiger partial charge in [-0.2, -0.15) is 18.2 Å². The Morgan fingerprint density at radius 3 is 2.06 bits per heavy atom. The standard InChI is InChI=1S/C23H15BN3.C21H23N2.Ir/c1-2-9-17(10-3-1)26-21-14-6-7-15-22(21)27-23-19(12-8-16-25-23)18-11-4-5-13-20(18)24(26)27;1-15(2)18-11-8-12-19(16(3)4)20(18)23-14-13-22-21(23)17-9-6-5-7-10-17;/h1-14,16H;5-9,11-16H,1-4H3;/q2*-1;. The molecule has 2 aromatic heterocycles. The fourth-order valence-corrected chi connectivity index (χ4v) is 7.32. The molecular weight excluding hydrogens is 802 g/mol. The molecule has 0 fully saturated rings. The van der Waals surface area contributed by atoms with Crippen molar-refractivity contribution in [3.63, 3.8) is 0 Å². The molecule has 0 aliphatic carbocycles. The third-order valence-corrected chi connectivity index (χ3v) is 9.56. The quantitative estimate of drug-likeness (QED) is 0.128. The van der Waals surface area contributed by atoms with Gasteiger partial charge < -0.3 is 14.2 Å². The molecule has 5 nitrogen and oxygen atoms in total. The van der Waals surface area contributed by atoms with Crippen LogP contribution in [0.5, 0.6) is 0 Å². The van der Waals surface area contributed by atoms with Crippen LogP contribution in [0.15, 0.2) is 146 Å². The average molecular weight is 840 g/mol. The zero-order chi connectivity index (χ0) is 34.2. The molecule has 0 unspecified atom stereocenters. The minimum absolute atomic E-state index is 0. The van der Waals surface area contributed by atoms with Crippen molar-refractivity contribution in [1.29, 1.82) is 0 Å². The number of nitrogens with zero attached hydrogens (tertiary/aromatic N) is 5. The predicted molar refractivity (Wildman–Crippen MR) is 207 cm³/mol. The molecule has 0 saturated heterocycles. The maximum Gasteiger partial charge on any atom is 0.409 e. The number of para-hydroxylation sites is 3. The van der Waals surface area contributed by atoms with E-state index in [1.165, 1.54) is 39.1 Å². The number of fused-ring (bicyclic) bond motifs is 8. The molecule has 0 bridgehead atoms. The van der Waals surface area contributed by atoms with Crippen LogP contribution >= 0.6 is 0 Å². The summed E-state index contributed by atoms with van der Waals surface area (Å²) >= 11 is 0. The first-order chi connectivity index (χ1) is 24.5. The number of hydrogen-bond donors (Lipinski definition) is 0. The Morgan fingerprint density at radius 2 is 1.31 bits per heavy atom. The summed E-state index contributed by atoms with van der Waals surface area (Å²) in [6, 6.07) is 51.0. The number of anilines is 4. The van der Waals surface area contributed by atoms with Gasteiger partial charge in [0.1, 0.15) is 5.82 Å². The van der Waals surface area contributed by atoms with Gasteiger partial charge in [0.15, 0.2) is 0 Å². The molecule has 5 aromatic carbocycles. The molecule has 0 spiro atoms. The van der Waals surface area contributed by atoms with Crippen LogP contribution in [-0.4, -0.2) is 21.5 Å². The molecular formula is C44H38BIrN5-2. The van der Waals surface area contributed by atoms with E-state index in [1.54, 1.807) is 0 Å². The molecule has 0 amide bonds. The van der Waals surface area contributed by atoms with Crippen molar-refractivity contribution in [2.45, 2.75) is 39.5 Å². The number of aromatic nitrogens is 3. The van der Waals surface area contributed by atoms with E-state index >= 15 is 0 Å². The maximum absolute atomic E-state index is 4.77. The normalized spacial score (nSPS) is 12.4. The molecule has 4 heterocycles. The van der Waals surface area contributed by atoms with Crippen molar-refractivity contribution >= 4 is 35.3 Å². The van der Waals surface area contributed by atoms with Crippen LogP contribution in [0.4, 0.5) is 22.9 Å². The summed E-state index contributed by atoms with van der Waals surface area (Å²) in [5.41, 5.74) is 12.1. The maximum atomic E-state index is 4.77. The van der Waals surface area contributed by atoms with E-state index in [9.17, 15) is 0 Å². The van der Waals surface area contributed by atoms with Gasteiger partial charge in [0, 0.05) is 55.6 Å². The van der Waals surface area contributed by atoms with E-state index in [4.69, 9.17) is 4.98 Å². The zero-order valence-electron chi connectivity index (χ0n) is 29.2. The minimum atomic E-state index is 0. The summed E-state index contributed by atoms with van der Waals surface area (Å²) in [5, 5.41) is 0. The molecule has 7 heteroatoms. The van der Waals surface area contributed by atoms with Crippen molar-refractivity contribution in [2.75, 3.05) is 9.62 Å². The molecule has 9 rings (SSSR count). The van der Waals surface area contributed by atoms with E-state index in [-0.39, 0.29) is 27.1 Å². The average Bonchev–Trinajstić information content (AvgIpc) is 3.79. The number of pyridine rings is 1. The Bertz CT molecular complexity index is 2220. The third-order valence-electron chi connectivity index (χ3n) is 9.56. The first-order valence-electron chi connectivity index (χ1n) is 17.3. The Morgan fingerprint density at radius 1 is 0.608 bits per heavy atom. The topological polar surface area (TPSA) is 37.2 Å². The summed E-state index contributed by atoms with van der Waals surface area (Å²) < 4.78 is 2.22. The SMILES string of the molecule is CC(C)c1cccc(C(C)C)c1-n1ccnc1-c1[c-]cccc1.[Ir].[c-]1cccc2c1N1B(c3ccccc3-c3cccnc31)N2c1ccccc1. The van der Waals surface area contributed by atoms with Crippen molar-refractivity contribution in [3.8, 4) is 28.2 Å². The van der Waals surface area contributed by atoms with Crippen LogP contribution in [0.1, 0.15) is 50.7 Å². The zero-order valence-corrected chi connectivity index (χ0v) is 31.6. The van der Waals surface area contributed by atoms with Crippen LogP contribution in [0.2, 0.25) is 0 Å². The molecule has 1 radical (unpaired) electrons. The number of hydrogen-bond acceptors (Lipinski definition) is 4. The van der Waals surface area contributed by atoms with Gasteiger partial charge in [-0.05, 0) is 58.3 Å². The van der Waals surface area contributed by atoms with Gasteiger partial charge in [0.2, 0.25) is 0 Å². The van der Waals surface area contributed by atoms with Crippen LogP contribution in [0, 0.1) is 12.1 Å². The van der Waals surface area contributed by atoms with E-state index in [1.807, 2.05) is 42.7 Å². The summed E-state index contributed by atoms with van der Waals surface area (Å²) in [6.45, 7) is 9.00. The molecule has 253 valence electrons. The van der Waals surface area contributed by atoms with E-state index in [0.29, 0.717) is 11.8 Å². The van der Waals surface area contributed by atoms with E-state index < -0.39 is 0 Å². The molecule has 2 aliphatic rings. The van der Waals surface area contributed by atoms with Crippen molar-refractivity contribution < 1.29 is 20.1 Å². The summed E-state index contributed by atoms with van der Waals surface area (Å²) in [5.74, 6) is 2.85. The number of imidazole rings is 1. The molecule has 2 aliphatic heterocycles. The van der Waals surface area contributed by atoms with Gasteiger partial charge >= 0.3 is 6.98 Å².